The smallest absolute Gasteiger partial charge is 0.252 e. The monoisotopic (exact) mass is 480 g/mol. The minimum absolute atomic E-state index is 0.175. The van der Waals surface area contributed by atoms with Gasteiger partial charge in [-0.25, -0.2) is 4.98 Å². The molecule has 0 radical (unpaired) electrons. The Bertz CT molecular complexity index is 1170. The molecule has 0 aliphatic heterocycles. The zero-order valence-corrected chi connectivity index (χ0v) is 18.4. The Kier molecular flexibility index (Phi) is 6.02. The highest BCUT2D eigenvalue weighted by Crippen LogP contribution is 2.29. The van der Waals surface area contributed by atoms with Gasteiger partial charge in [0.05, 0.1) is 17.8 Å². The van der Waals surface area contributed by atoms with Gasteiger partial charge in [0.15, 0.2) is 5.76 Å². The Balaban J connectivity index is 1.59. The zero-order valence-electron chi connectivity index (χ0n) is 16.1. The average Bonchev–Trinajstić information content (AvgIpc) is 3.25. The van der Waals surface area contributed by atoms with Crippen molar-refractivity contribution in [3.05, 3.63) is 99.6 Å². The number of amides is 1. The van der Waals surface area contributed by atoms with Crippen molar-refractivity contribution in [3.8, 4) is 22.8 Å². The first kappa shape index (κ1) is 20.4. The quantitative estimate of drug-likeness (QED) is 0.337. The van der Waals surface area contributed by atoms with E-state index in [-0.39, 0.29) is 11.9 Å². The molecule has 0 unspecified atom stereocenters. The number of hydrogen-bond acceptors (Lipinski definition) is 3. The lowest BCUT2D eigenvalue weighted by molar-refractivity contribution is 0.0940. The molecule has 0 saturated carbocycles. The minimum Gasteiger partial charge on any atom is -0.436 e. The SMILES string of the molecule is C[C@H](NC(=O)c1ccccc1-c1ncc(-c2ccc(Br)cc2)o1)c1ccc(Cl)cc1. The van der Waals surface area contributed by atoms with Crippen LogP contribution < -0.4 is 5.32 Å². The molecule has 30 heavy (non-hydrogen) atoms. The molecular weight excluding hydrogens is 464 g/mol. The normalized spacial score (nSPS) is 11.8. The molecule has 0 spiro atoms. The highest BCUT2D eigenvalue weighted by molar-refractivity contribution is 9.10. The van der Waals surface area contributed by atoms with Gasteiger partial charge in [-0.1, -0.05) is 63.9 Å². The lowest BCUT2D eigenvalue weighted by Gasteiger charge is -2.15. The van der Waals surface area contributed by atoms with E-state index >= 15 is 0 Å². The summed E-state index contributed by atoms with van der Waals surface area (Å²) >= 11 is 9.38. The second kappa shape index (κ2) is 8.86. The lowest BCUT2D eigenvalue weighted by atomic mass is 10.0. The van der Waals surface area contributed by atoms with Gasteiger partial charge < -0.3 is 9.73 Å². The molecule has 4 aromatic rings. The fourth-order valence-electron chi connectivity index (χ4n) is 3.12. The molecule has 1 aromatic heterocycles. The number of hydrogen-bond donors (Lipinski definition) is 1. The average molecular weight is 482 g/mol. The summed E-state index contributed by atoms with van der Waals surface area (Å²) in [6.45, 7) is 1.93. The van der Waals surface area contributed by atoms with Gasteiger partial charge in [-0.3, -0.25) is 4.79 Å². The molecule has 150 valence electrons. The largest absolute Gasteiger partial charge is 0.436 e. The molecule has 0 bridgehead atoms. The van der Waals surface area contributed by atoms with Crippen molar-refractivity contribution in [3.63, 3.8) is 0 Å². The van der Waals surface area contributed by atoms with Gasteiger partial charge in [0.25, 0.3) is 5.91 Å². The van der Waals surface area contributed by atoms with Gasteiger partial charge in [0, 0.05) is 20.6 Å². The topological polar surface area (TPSA) is 55.1 Å². The Morgan fingerprint density at radius 2 is 1.73 bits per heavy atom. The van der Waals surface area contributed by atoms with E-state index in [4.69, 9.17) is 16.0 Å². The first-order valence-electron chi connectivity index (χ1n) is 9.39. The van der Waals surface area contributed by atoms with Crippen LogP contribution in [0.25, 0.3) is 22.8 Å². The van der Waals surface area contributed by atoms with Crippen molar-refractivity contribution in [1.82, 2.24) is 10.3 Å². The maximum Gasteiger partial charge on any atom is 0.252 e. The maximum atomic E-state index is 13.0. The number of carbonyl (C=O) groups excluding carboxylic acids is 1. The molecule has 1 heterocycles. The second-order valence-electron chi connectivity index (χ2n) is 6.83. The molecule has 0 aliphatic carbocycles. The van der Waals surface area contributed by atoms with Crippen LogP contribution in [0.2, 0.25) is 5.02 Å². The first-order valence-corrected chi connectivity index (χ1v) is 10.6. The predicted molar refractivity (Wildman–Crippen MR) is 122 cm³/mol. The van der Waals surface area contributed by atoms with E-state index in [0.717, 1.165) is 15.6 Å². The fraction of sp³-hybridized carbons (Fsp3) is 0.0833. The van der Waals surface area contributed by atoms with Crippen LogP contribution in [0.3, 0.4) is 0 Å². The highest BCUT2D eigenvalue weighted by atomic mass is 79.9. The number of halogens is 2. The van der Waals surface area contributed by atoms with Crippen LogP contribution >= 0.6 is 27.5 Å². The zero-order chi connectivity index (χ0) is 21.1. The summed E-state index contributed by atoms with van der Waals surface area (Å²) in [6, 6.07) is 22.3. The summed E-state index contributed by atoms with van der Waals surface area (Å²) < 4.78 is 6.96. The molecule has 0 saturated heterocycles. The molecule has 3 aromatic carbocycles. The van der Waals surface area contributed by atoms with Crippen molar-refractivity contribution < 1.29 is 9.21 Å². The molecule has 1 N–H and O–H groups in total. The van der Waals surface area contributed by atoms with Gasteiger partial charge >= 0.3 is 0 Å². The van der Waals surface area contributed by atoms with Gasteiger partial charge in [0.1, 0.15) is 0 Å². The summed E-state index contributed by atoms with van der Waals surface area (Å²) in [6.07, 6.45) is 1.67. The molecule has 0 aliphatic rings. The summed E-state index contributed by atoms with van der Waals surface area (Å²) in [4.78, 5) is 17.4. The molecule has 4 nitrogen and oxygen atoms in total. The fourth-order valence-corrected chi connectivity index (χ4v) is 3.51. The molecule has 1 atom stereocenters. The predicted octanol–water partition coefficient (Wildman–Crippen LogP) is 6.92. The molecule has 4 rings (SSSR count). The number of oxazole rings is 1. The number of rotatable bonds is 5. The van der Waals surface area contributed by atoms with Crippen molar-refractivity contribution in [2.24, 2.45) is 0 Å². The van der Waals surface area contributed by atoms with Crippen molar-refractivity contribution >= 4 is 33.4 Å². The Morgan fingerprint density at radius 3 is 2.47 bits per heavy atom. The molecule has 0 fully saturated rings. The number of nitrogens with one attached hydrogen (secondary N) is 1. The van der Waals surface area contributed by atoms with Crippen LogP contribution in [0, 0.1) is 0 Å². The maximum absolute atomic E-state index is 13.0. The van der Waals surface area contributed by atoms with E-state index in [1.807, 2.05) is 73.7 Å². The van der Waals surface area contributed by atoms with Gasteiger partial charge in [-0.05, 0) is 48.9 Å². The molecule has 1 amide bonds. The Hall–Kier alpha value is -2.89. The third-order valence-corrected chi connectivity index (χ3v) is 5.53. The van der Waals surface area contributed by atoms with Crippen LogP contribution in [0.15, 0.2) is 87.9 Å². The third-order valence-electron chi connectivity index (χ3n) is 4.75. The highest BCUT2D eigenvalue weighted by Gasteiger charge is 2.19. The summed E-state index contributed by atoms with van der Waals surface area (Å²) in [7, 11) is 0. The van der Waals surface area contributed by atoms with Crippen LogP contribution in [-0.4, -0.2) is 10.9 Å². The minimum atomic E-state index is -0.198. The van der Waals surface area contributed by atoms with Gasteiger partial charge in [-0.2, -0.15) is 0 Å². The summed E-state index contributed by atoms with van der Waals surface area (Å²) in [5.41, 5.74) is 3.03. The Labute approximate surface area is 188 Å². The van der Waals surface area contributed by atoms with E-state index in [2.05, 4.69) is 26.2 Å². The van der Waals surface area contributed by atoms with Gasteiger partial charge in [-0.15, -0.1) is 0 Å². The van der Waals surface area contributed by atoms with Crippen LogP contribution in [-0.2, 0) is 0 Å². The molecule has 6 heteroatoms. The lowest BCUT2D eigenvalue weighted by Crippen LogP contribution is -2.27. The number of carbonyl (C=O) groups is 1. The standard InChI is InChI=1S/C24H18BrClN2O2/c1-15(16-8-12-19(26)13-9-16)28-23(29)20-4-2-3-5-21(20)24-27-14-22(30-24)17-6-10-18(25)11-7-17/h2-15H,1H3,(H,28,29)/t15-/m0/s1. The summed E-state index contributed by atoms with van der Waals surface area (Å²) in [5.74, 6) is 0.844. The number of nitrogens with zero attached hydrogens (tertiary/aromatic N) is 1. The van der Waals surface area contributed by atoms with E-state index in [0.29, 0.717) is 27.8 Å². The van der Waals surface area contributed by atoms with Crippen molar-refractivity contribution in [2.45, 2.75) is 13.0 Å². The second-order valence-corrected chi connectivity index (χ2v) is 8.18. The number of benzene rings is 3. The van der Waals surface area contributed by atoms with Crippen LogP contribution in [0.4, 0.5) is 0 Å². The van der Waals surface area contributed by atoms with Crippen molar-refractivity contribution in [1.29, 1.82) is 0 Å². The van der Waals surface area contributed by atoms with Crippen LogP contribution in [0.1, 0.15) is 28.9 Å². The van der Waals surface area contributed by atoms with E-state index in [1.165, 1.54) is 0 Å². The molecular formula is C24H18BrClN2O2. The van der Waals surface area contributed by atoms with Gasteiger partial charge in [0.2, 0.25) is 5.89 Å². The van der Waals surface area contributed by atoms with Crippen molar-refractivity contribution in [2.75, 3.05) is 0 Å². The summed E-state index contributed by atoms with van der Waals surface area (Å²) in [5, 5.41) is 3.69. The van der Waals surface area contributed by atoms with Crippen LogP contribution in [0.5, 0.6) is 0 Å². The van der Waals surface area contributed by atoms with E-state index in [9.17, 15) is 4.79 Å². The van der Waals surface area contributed by atoms with E-state index < -0.39 is 0 Å². The third kappa shape index (κ3) is 4.48. The Morgan fingerprint density at radius 1 is 1.03 bits per heavy atom. The first-order chi connectivity index (χ1) is 14.5. The van der Waals surface area contributed by atoms with E-state index in [1.54, 1.807) is 12.3 Å². The number of aromatic nitrogens is 1.